The molecule has 0 unspecified atom stereocenters. The van der Waals surface area contributed by atoms with Crippen molar-refractivity contribution in [2.24, 2.45) is 0 Å². The standard InChI is InChI=1S/C55H55N5O8/c61-50-36-68-44-29-23-41(24-30-44)34-48(54(65)60-49(55(66)67)35-39-17-9-3-10-18-39)59-52(63)46(32-26-38-15-7-2-8-16-38)57-53(64)47(33-40-21-27-43(28-22-40)42-19-11-4-12-20-42)58-51(62)45(56-50)31-25-37-13-5-1-6-14-37/h1-24,27-30,45-49H,25-26,31-36H2,(H,56,61)(H,57,64)(H,58,62)(H,59,63)(H,60,65)(H,66,67)/t45-,46-,47+,48+,49+/m1/s1. The normalized spacial score (nSPS) is 18.5. The summed E-state index contributed by atoms with van der Waals surface area (Å²) in [5.74, 6) is -4.20. The van der Waals surface area contributed by atoms with Crippen molar-refractivity contribution in [3.8, 4) is 16.9 Å². The van der Waals surface area contributed by atoms with Gasteiger partial charge in [-0.15, -0.1) is 0 Å². The summed E-state index contributed by atoms with van der Waals surface area (Å²) in [6, 6.07) is 45.7. The first-order chi connectivity index (χ1) is 33.1. The summed E-state index contributed by atoms with van der Waals surface area (Å²) >= 11 is 0. The van der Waals surface area contributed by atoms with Crippen LogP contribution in [-0.2, 0) is 60.9 Å². The van der Waals surface area contributed by atoms with E-state index in [1.54, 1.807) is 54.6 Å². The lowest BCUT2D eigenvalue weighted by Crippen LogP contribution is -2.59. The van der Waals surface area contributed by atoms with Crippen LogP contribution in [0.15, 0.2) is 170 Å². The predicted molar refractivity (Wildman–Crippen MR) is 258 cm³/mol. The lowest BCUT2D eigenvalue weighted by Gasteiger charge is -2.27. The van der Waals surface area contributed by atoms with Crippen LogP contribution in [0.25, 0.3) is 11.1 Å². The van der Waals surface area contributed by atoms with Crippen LogP contribution in [0.1, 0.15) is 40.7 Å². The van der Waals surface area contributed by atoms with E-state index >= 15 is 0 Å². The smallest absolute Gasteiger partial charge is 0.326 e. The number of benzene rings is 6. The molecule has 2 heterocycles. The van der Waals surface area contributed by atoms with Gasteiger partial charge in [-0.25, -0.2) is 4.79 Å². The number of hydrogen-bond donors (Lipinski definition) is 6. The summed E-state index contributed by atoms with van der Waals surface area (Å²) in [5, 5.41) is 24.3. The number of fused-ring (bicyclic) bond motifs is 16. The Morgan fingerprint density at radius 2 is 1.03 bits per heavy atom. The van der Waals surface area contributed by atoms with Gasteiger partial charge in [0.2, 0.25) is 23.6 Å². The van der Waals surface area contributed by atoms with Crippen LogP contribution < -0.4 is 31.3 Å². The van der Waals surface area contributed by atoms with Crippen LogP contribution in [0.3, 0.4) is 0 Å². The zero-order valence-electron chi connectivity index (χ0n) is 37.5. The Bertz CT molecular complexity index is 2610. The van der Waals surface area contributed by atoms with Gasteiger partial charge in [-0.05, 0) is 76.8 Å². The lowest BCUT2D eigenvalue weighted by molar-refractivity contribution is -0.142. The zero-order chi connectivity index (χ0) is 47.7. The summed E-state index contributed by atoms with van der Waals surface area (Å²) < 4.78 is 5.82. The fourth-order valence-corrected chi connectivity index (χ4v) is 8.05. The van der Waals surface area contributed by atoms with E-state index in [0.717, 1.165) is 27.8 Å². The van der Waals surface area contributed by atoms with E-state index in [-0.39, 0.29) is 32.1 Å². The molecule has 0 aliphatic carbocycles. The molecule has 2 aliphatic heterocycles. The minimum Gasteiger partial charge on any atom is -0.484 e. The second-order valence-corrected chi connectivity index (χ2v) is 16.8. The van der Waals surface area contributed by atoms with E-state index in [2.05, 4.69) is 26.6 Å². The number of rotatable bonds is 14. The number of hydrogen-bond acceptors (Lipinski definition) is 7. The third-order valence-electron chi connectivity index (χ3n) is 11.8. The maximum absolute atomic E-state index is 14.7. The van der Waals surface area contributed by atoms with Crippen molar-refractivity contribution in [3.05, 3.63) is 198 Å². The van der Waals surface area contributed by atoms with Gasteiger partial charge in [0.25, 0.3) is 5.91 Å². The maximum Gasteiger partial charge on any atom is 0.326 e. The van der Waals surface area contributed by atoms with Crippen LogP contribution in [0.4, 0.5) is 0 Å². The van der Waals surface area contributed by atoms with Crippen molar-refractivity contribution in [2.75, 3.05) is 6.61 Å². The van der Waals surface area contributed by atoms with Gasteiger partial charge in [-0.3, -0.25) is 24.0 Å². The number of ether oxygens (including phenoxy) is 1. The highest BCUT2D eigenvalue weighted by molar-refractivity contribution is 5.96. The summed E-state index contributed by atoms with van der Waals surface area (Å²) in [6.45, 7) is -0.422. The highest BCUT2D eigenvalue weighted by atomic mass is 16.5. The molecule has 13 heteroatoms. The number of carboxylic acids is 1. The Morgan fingerprint density at radius 3 is 1.60 bits per heavy atom. The number of nitrogens with one attached hydrogen (secondary N) is 5. The fourth-order valence-electron chi connectivity index (χ4n) is 8.05. The number of carbonyl (C=O) groups excluding carboxylic acids is 5. The minimum atomic E-state index is -1.32. The highest BCUT2D eigenvalue weighted by Gasteiger charge is 2.33. The highest BCUT2D eigenvalue weighted by Crippen LogP contribution is 2.21. The van der Waals surface area contributed by atoms with E-state index < -0.39 is 72.3 Å². The van der Waals surface area contributed by atoms with Crippen LogP contribution in [0, 0.1) is 0 Å². The molecule has 5 atom stereocenters. The topological polar surface area (TPSA) is 192 Å². The molecule has 6 N–H and O–H groups in total. The molecule has 0 aromatic heterocycles. The third kappa shape index (κ3) is 14.2. The Hall–Kier alpha value is -8.06. The summed E-state index contributed by atoms with van der Waals surface area (Å²) in [7, 11) is 0. The van der Waals surface area contributed by atoms with Crippen molar-refractivity contribution >= 4 is 35.5 Å². The van der Waals surface area contributed by atoms with E-state index in [9.17, 15) is 33.9 Å². The average molecular weight is 914 g/mol. The SMILES string of the molecule is O=C1COc2ccc(cc2)C[C@@H](C(=O)N[C@@H](Cc2ccccc2)C(=O)O)NC(=O)[C@@H](CCc2ccccc2)NC(=O)[C@H](Cc2ccc(-c3ccccc3)cc2)NC(=O)[C@@H](CCc2ccccc2)N1. The molecule has 8 rings (SSSR count). The quantitative estimate of drug-likeness (QED) is 0.0767. The Morgan fingerprint density at radius 1 is 0.544 bits per heavy atom. The molecule has 0 saturated heterocycles. The van der Waals surface area contributed by atoms with Crippen molar-refractivity contribution in [1.82, 2.24) is 26.6 Å². The Balaban J connectivity index is 1.22. The molecule has 5 amide bonds. The summed E-state index contributed by atoms with van der Waals surface area (Å²) in [6.07, 6.45) is 1.07. The summed E-state index contributed by atoms with van der Waals surface area (Å²) in [5.41, 5.74) is 5.80. The number of aryl methyl sites for hydroxylation is 2. The van der Waals surface area contributed by atoms with E-state index in [1.807, 2.05) is 115 Å². The first kappa shape index (κ1) is 47.9. The van der Waals surface area contributed by atoms with Crippen molar-refractivity contribution in [2.45, 2.75) is 75.2 Å². The van der Waals surface area contributed by atoms with Gasteiger partial charge in [0.05, 0.1) is 0 Å². The first-order valence-corrected chi connectivity index (χ1v) is 22.8. The van der Waals surface area contributed by atoms with Crippen LogP contribution in [-0.4, -0.2) is 77.4 Å². The molecule has 2 aliphatic rings. The molecular weight excluding hydrogens is 859 g/mol. The molecule has 0 fully saturated rings. The van der Waals surface area contributed by atoms with Gasteiger partial charge in [-0.2, -0.15) is 0 Å². The number of amides is 5. The van der Waals surface area contributed by atoms with Gasteiger partial charge in [0.15, 0.2) is 6.61 Å². The molecular formula is C55H55N5O8. The second kappa shape index (κ2) is 23.9. The zero-order valence-corrected chi connectivity index (χ0v) is 37.5. The number of carbonyl (C=O) groups is 6. The van der Waals surface area contributed by atoms with Crippen LogP contribution in [0.5, 0.6) is 5.75 Å². The van der Waals surface area contributed by atoms with Crippen molar-refractivity contribution in [1.29, 1.82) is 0 Å². The molecule has 0 radical (unpaired) electrons. The summed E-state index contributed by atoms with van der Waals surface area (Å²) in [4.78, 5) is 84.0. The van der Waals surface area contributed by atoms with Crippen molar-refractivity contribution < 1.29 is 38.6 Å². The molecule has 6 aromatic rings. The molecule has 2 bridgehead atoms. The average Bonchev–Trinajstić information content (AvgIpc) is 3.36. The van der Waals surface area contributed by atoms with Gasteiger partial charge in [0.1, 0.15) is 36.0 Å². The van der Waals surface area contributed by atoms with Crippen molar-refractivity contribution in [3.63, 3.8) is 0 Å². The van der Waals surface area contributed by atoms with E-state index in [4.69, 9.17) is 4.74 Å². The van der Waals surface area contributed by atoms with E-state index in [1.165, 1.54) is 0 Å². The number of carboxylic acid groups (broad SMARTS) is 1. The van der Waals surface area contributed by atoms with Gasteiger partial charge >= 0.3 is 5.97 Å². The molecule has 0 spiro atoms. The number of aliphatic carboxylic acids is 1. The third-order valence-corrected chi connectivity index (χ3v) is 11.8. The van der Waals surface area contributed by atoms with Gasteiger partial charge in [0, 0.05) is 19.3 Å². The molecule has 6 aromatic carbocycles. The van der Waals surface area contributed by atoms with Gasteiger partial charge in [-0.1, -0.05) is 158 Å². The van der Waals surface area contributed by atoms with Crippen LogP contribution >= 0.6 is 0 Å². The monoisotopic (exact) mass is 913 g/mol. The maximum atomic E-state index is 14.7. The predicted octanol–water partition coefficient (Wildman–Crippen LogP) is 5.55. The first-order valence-electron chi connectivity index (χ1n) is 22.8. The van der Waals surface area contributed by atoms with Gasteiger partial charge < -0.3 is 36.4 Å². The second-order valence-electron chi connectivity index (χ2n) is 16.8. The molecule has 68 heavy (non-hydrogen) atoms. The largest absolute Gasteiger partial charge is 0.484 e. The fraction of sp³-hybridized carbons (Fsp3) is 0.236. The molecule has 13 nitrogen and oxygen atoms in total. The van der Waals surface area contributed by atoms with Crippen LogP contribution in [0.2, 0.25) is 0 Å². The lowest BCUT2D eigenvalue weighted by atomic mass is 9.98. The Kier molecular flexibility index (Phi) is 16.8. The molecule has 348 valence electrons. The molecule has 0 saturated carbocycles. The van der Waals surface area contributed by atoms with E-state index in [0.29, 0.717) is 29.7 Å². The Labute approximate surface area is 395 Å². The minimum absolute atomic E-state index is 0.00679.